The van der Waals surface area contributed by atoms with Crippen molar-refractivity contribution in [3.05, 3.63) is 36.2 Å². The molecule has 88 valence electrons. The first-order valence-electron chi connectivity index (χ1n) is 5.33. The number of rotatable bonds is 5. The molecule has 1 N–H and O–H groups in total. The van der Waals surface area contributed by atoms with Gasteiger partial charge in [0.15, 0.2) is 0 Å². The second kappa shape index (κ2) is 5.25. The number of aromatic nitrogens is 2. The Morgan fingerprint density at radius 3 is 2.65 bits per heavy atom. The van der Waals surface area contributed by atoms with Gasteiger partial charge in [0, 0.05) is 12.0 Å². The summed E-state index contributed by atoms with van der Waals surface area (Å²) in [6.07, 6.45) is 2.90. The fourth-order valence-electron chi connectivity index (χ4n) is 1.56. The molecule has 0 radical (unpaired) electrons. The van der Waals surface area contributed by atoms with E-state index in [-0.39, 0.29) is 6.42 Å². The van der Waals surface area contributed by atoms with E-state index in [1.54, 1.807) is 0 Å². The third-order valence-electron chi connectivity index (χ3n) is 2.43. The van der Waals surface area contributed by atoms with Crippen LogP contribution >= 0.6 is 0 Å². The van der Waals surface area contributed by atoms with Gasteiger partial charge in [-0.3, -0.25) is 4.79 Å². The van der Waals surface area contributed by atoms with Crippen molar-refractivity contribution in [2.45, 2.75) is 19.3 Å². The Bertz CT molecular complexity index is 477. The maximum atomic E-state index is 10.4. The van der Waals surface area contributed by atoms with Gasteiger partial charge in [0.2, 0.25) is 12.2 Å². The molecule has 0 saturated heterocycles. The van der Waals surface area contributed by atoms with Gasteiger partial charge in [0.1, 0.15) is 0 Å². The summed E-state index contributed by atoms with van der Waals surface area (Å²) in [5.74, 6) is -0.199. The quantitative estimate of drug-likeness (QED) is 0.854. The highest BCUT2D eigenvalue weighted by atomic mass is 16.5. The summed E-state index contributed by atoms with van der Waals surface area (Å²) in [6, 6.07) is 7.71. The highest BCUT2D eigenvalue weighted by Gasteiger charge is 2.03. The lowest BCUT2D eigenvalue weighted by Gasteiger charge is -2.00. The second-order valence-corrected chi connectivity index (χ2v) is 3.70. The Hall–Kier alpha value is -2.17. The summed E-state index contributed by atoms with van der Waals surface area (Å²) < 4.78 is 4.66. The number of carbonyl (C=O) groups is 1. The molecule has 2 aromatic rings. The monoisotopic (exact) mass is 232 g/mol. The van der Waals surface area contributed by atoms with Crippen LogP contribution in [-0.2, 0) is 11.2 Å². The van der Waals surface area contributed by atoms with Crippen LogP contribution in [0.1, 0.15) is 18.4 Å². The van der Waals surface area contributed by atoms with Crippen molar-refractivity contribution < 1.29 is 14.4 Å². The number of carboxylic acids is 1. The minimum atomic E-state index is -0.756. The van der Waals surface area contributed by atoms with Crippen molar-refractivity contribution >= 4 is 5.97 Å². The number of nitrogens with zero attached hydrogens (tertiary/aromatic N) is 2. The lowest BCUT2D eigenvalue weighted by molar-refractivity contribution is -0.137. The number of hydrogen-bond donors (Lipinski definition) is 1. The number of benzene rings is 1. The Labute approximate surface area is 98.1 Å². The molecule has 0 aliphatic heterocycles. The van der Waals surface area contributed by atoms with Crippen molar-refractivity contribution in [2.75, 3.05) is 0 Å². The predicted octanol–water partition coefficient (Wildman–Crippen LogP) is 2.14. The summed E-state index contributed by atoms with van der Waals surface area (Å²) >= 11 is 0. The summed E-state index contributed by atoms with van der Waals surface area (Å²) in [5, 5.41) is 12.3. The molecule has 0 fully saturated rings. The maximum absolute atomic E-state index is 10.4. The molecule has 1 aromatic heterocycles. The molecule has 0 spiro atoms. The van der Waals surface area contributed by atoms with E-state index in [0.717, 1.165) is 17.5 Å². The van der Waals surface area contributed by atoms with Crippen molar-refractivity contribution in [1.82, 2.24) is 10.1 Å². The molecule has 1 aromatic carbocycles. The Morgan fingerprint density at radius 2 is 2.06 bits per heavy atom. The molecule has 0 aliphatic rings. The van der Waals surface area contributed by atoms with E-state index in [0.29, 0.717) is 12.2 Å². The fraction of sp³-hybridized carbons (Fsp3) is 0.250. The standard InChI is InChI=1S/C12H12N2O3/c15-11(16)3-1-2-9-4-6-10(7-5-9)12-13-8-17-14-12/h4-8H,1-3H2,(H,15,16). The van der Waals surface area contributed by atoms with E-state index in [4.69, 9.17) is 5.11 Å². The molecular weight excluding hydrogens is 220 g/mol. The van der Waals surface area contributed by atoms with E-state index in [1.165, 1.54) is 6.39 Å². The van der Waals surface area contributed by atoms with E-state index >= 15 is 0 Å². The molecule has 1 heterocycles. The number of hydrogen-bond acceptors (Lipinski definition) is 4. The Balaban J connectivity index is 1.96. The minimum absolute atomic E-state index is 0.201. The molecule has 2 rings (SSSR count). The zero-order chi connectivity index (χ0) is 12.1. The second-order valence-electron chi connectivity index (χ2n) is 3.70. The van der Waals surface area contributed by atoms with Crippen molar-refractivity contribution in [1.29, 1.82) is 0 Å². The third-order valence-corrected chi connectivity index (χ3v) is 2.43. The van der Waals surface area contributed by atoms with Gasteiger partial charge >= 0.3 is 5.97 Å². The minimum Gasteiger partial charge on any atom is -0.481 e. The third kappa shape index (κ3) is 3.14. The van der Waals surface area contributed by atoms with Gasteiger partial charge in [-0.15, -0.1) is 0 Å². The van der Waals surface area contributed by atoms with Crippen molar-refractivity contribution in [3.8, 4) is 11.4 Å². The van der Waals surface area contributed by atoms with Crippen LogP contribution in [0.4, 0.5) is 0 Å². The van der Waals surface area contributed by atoms with Gasteiger partial charge in [-0.2, -0.15) is 4.98 Å². The Kier molecular flexibility index (Phi) is 3.49. The van der Waals surface area contributed by atoms with Crippen molar-refractivity contribution in [3.63, 3.8) is 0 Å². The highest BCUT2D eigenvalue weighted by molar-refractivity contribution is 5.66. The highest BCUT2D eigenvalue weighted by Crippen LogP contribution is 2.16. The molecule has 0 saturated carbocycles. The lowest BCUT2D eigenvalue weighted by Crippen LogP contribution is -1.95. The number of aliphatic carboxylic acids is 1. The normalized spacial score (nSPS) is 10.4. The van der Waals surface area contributed by atoms with Gasteiger partial charge < -0.3 is 9.63 Å². The molecule has 0 atom stereocenters. The van der Waals surface area contributed by atoms with Crippen LogP contribution in [-0.4, -0.2) is 21.2 Å². The van der Waals surface area contributed by atoms with Crippen LogP contribution in [0.15, 0.2) is 35.2 Å². The van der Waals surface area contributed by atoms with Crippen LogP contribution in [0.3, 0.4) is 0 Å². The summed E-state index contributed by atoms with van der Waals surface area (Å²) in [4.78, 5) is 14.3. The van der Waals surface area contributed by atoms with Gasteiger partial charge in [-0.1, -0.05) is 29.4 Å². The zero-order valence-corrected chi connectivity index (χ0v) is 9.17. The van der Waals surface area contributed by atoms with E-state index in [9.17, 15) is 4.79 Å². The van der Waals surface area contributed by atoms with Gasteiger partial charge in [0.05, 0.1) is 0 Å². The molecule has 0 aliphatic carbocycles. The molecule has 5 nitrogen and oxygen atoms in total. The topological polar surface area (TPSA) is 76.2 Å². The summed E-state index contributed by atoms with van der Waals surface area (Å²) in [7, 11) is 0. The average molecular weight is 232 g/mol. The smallest absolute Gasteiger partial charge is 0.303 e. The first-order chi connectivity index (χ1) is 8.25. The first kappa shape index (κ1) is 11.3. The van der Waals surface area contributed by atoms with Crippen LogP contribution in [0.5, 0.6) is 0 Å². The van der Waals surface area contributed by atoms with Gasteiger partial charge in [-0.05, 0) is 18.4 Å². The molecule has 0 amide bonds. The lowest BCUT2D eigenvalue weighted by atomic mass is 10.1. The first-order valence-corrected chi connectivity index (χ1v) is 5.33. The molecule has 0 bridgehead atoms. The molecule has 0 unspecified atom stereocenters. The molecule has 17 heavy (non-hydrogen) atoms. The van der Waals surface area contributed by atoms with E-state index in [2.05, 4.69) is 14.7 Å². The fourth-order valence-corrected chi connectivity index (χ4v) is 1.56. The van der Waals surface area contributed by atoms with E-state index in [1.807, 2.05) is 24.3 Å². The largest absolute Gasteiger partial charge is 0.481 e. The average Bonchev–Trinajstić information content (AvgIpc) is 2.83. The van der Waals surface area contributed by atoms with Crippen LogP contribution in [0.2, 0.25) is 0 Å². The van der Waals surface area contributed by atoms with Crippen LogP contribution in [0, 0.1) is 0 Å². The SMILES string of the molecule is O=C(O)CCCc1ccc(-c2ncon2)cc1. The molecular formula is C12H12N2O3. The summed E-state index contributed by atoms with van der Waals surface area (Å²) in [6.45, 7) is 0. The zero-order valence-electron chi connectivity index (χ0n) is 9.17. The number of aryl methyl sites for hydroxylation is 1. The Morgan fingerprint density at radius 1 is 1.29 bits per heavy atom. The van der Waals surface area contributed by atoms with Gasteiger partial charge in [-0.25, -0.2) is 0 Å². The van der Waals surface area contributed by atoms with Gasteiger partial charge in [0.25, 0.3) is 0 Å². The van der Waals surface area contributed by atoms with Crippen LogP contribution < -0.4 is 0 Å². The van der Waals surface area contributed by atoms with Crippen molar-refractivity contribution in [2.24, 2.45) is 0 Å². The van der Waals surface area contributed by atoms with Crippen LogP contribution in [0.25, 0.3) is 11.4 Å². The maximum Gasteiger partial charge on any atom is 0.303 e. The predicted molar refractivity (Wildman–Crippen MR) is 60.3 cm³/mol. The van der Waals surface area contributed by atoms with E-state index < -0.39 is 5.97 Å². The molecule has 5 heteroatoms. The number of carboxylic acid groups (broad SMARTS) is 1. The summed E-state index contributed by atoms with van der Waals surface area (Å²) in [5.41, 5.74) is 2.00.